The number of alkyl halides is 4. The molecule has 0 unspecified atom stereocenters. The van der Waals surface area contributed by atoms with Crippen LogP contribution < -0.4 is 10.1 Å². The lowest BCUT2D eigenvalue weighted by molar-refractivity contribution is -0.148. The quantitative estimate of drug-likeness (QED) is 0.616. The summed E-state index contributed by atoms with van der Waals surface area (Å²) in [7, 11) is 0. The Balaban J connectivity index is 1.86. The van der Waals surface area contributed by atoms with Crippen molar-refractivity contribution < 1.29 is 31.5 Å². The van der Waals surface area contributed by atoms with Gasteiger partial charge in [-0.2, -0.15) is 8.78 Å². The first-order valence-corrected chi connectivity index (χ1v) is 6.64. The van der Waals surface area contributed by atoms with Gasteiger partial charge in [-0.25, -0.2) is 13.8 Å². The molecule has 2 heterocycles. The number of rotatable bonds is 7. The molecular formula is C15H12F4N2O3. The molecule has 0 bridgehead atoms. The van der Waals surface area contributed by atoms with Crippen LogP contribution in [0.5, 0.6) is 5.88 Å². The number of hydrogen-bond donors (Lipinski definition) is 1. The zero-order valence-corrected chi connectivity index (χ0v) is 12.1. The molecule has 2 rings (SSSR count). The molecule has 0 aliphatic rings. The number of carbonyl (C=O) groups is 1. The summed E-state index contributed by atoms with van der Waals surface area (Å²) in [6.07, 6.45) is 1.46. The lowest BCUT2D eigenvalue weighted by atomic mass is 10.3. The third kappa shape index (κ3) is 5.11. The Bertz CT molecular complexity index is 685. The summed E-state index contributed by atoms with van der Waals surface area (Å²) in [5, 5.41) is 2.47. The van der Waals surface area contributed by atoms with E-state index in [-0.39, 0.29) is 11.6 Å². The van der Waals surface area contributed by atoms with Gasteiger partial charge in [0.15, 0.2) is 6.61 Å². The Morgan fingerprint density at radius 1 is 1.38 bits per heavy atom. The van der Waals surface area contributed by atoms with E-state index in [1.165, 1.54) is 30.5 Å². The van der Waals surface area contributed by atoms with Gasteiger partial charge in [-0.15, -0.1) is 0 Å². The molecule has 2 aromatic heterocycles. The molecule has 0 radical (unpaired) electrons. The van der Waals surface area contributed by atoms with Crippen molar-refractivity contribution in [3.05, 3.63) is 48.6 Å². The van der Waals surface area contributed by atoms with E-state index in [0.717, 1.165) is 6.20 Å². The maximum Gasteiger partial charge on any atom is 0.340 e. The Morgan fingerprint density at radius 3 is 2.75 bits per heavy atom. The van der Waals surface area contributed by atoms with Crippen molar-refractivity contribution in [2.45, 2.75) is 12.3 Å². The number of halogens is 4. The summed E-state index contributed by atoms with van der Waals surface area (Å²) < 4.78 is 58.9. The van der Waals surface area contributed by atoms with Gasteiger partial charge in [-0.05, 0) is 24.3 Å². The fourth-order valence-corrected chi connectivity index (χ4v) is 1.50. The average molecular weight is 344 g/mol. The summed E-state index contributed by atoms with van der Waals surface area (Å²) in [4.78, 5) is 15.3. The number of ether oxygens (including phenoxy) is 1. The molecule has 0 saturated heterocycles. The molecule has 24 heavy (non-hydrogen) atoms. The van der Waals surface area contributed by atoms with Gasteiger partial charge in [0.05, 0.1) is 18.1 Å². The van der Waals surface area contributed by atoms with Crippen LogP contribution in [-0.4, -0.2) is 29.8 Å². The van der Waals surface area contributed by atoms with Crippen molar-refractivity contribution in [2.75, 3.05) is 11.9 Å². The minimum Gasteiger partial charge on any atom is -0.471 e. The predicted octanol–water partition coefficient (Wildman–Crippen LogP) is 3.61. The van der Waals surface area contributed by atoms with Crippen LogP contribution in [0.15, 0.2) is 47.2 Å². The SMILES string of the molecule is O=C(/C=C/c1ccco1)Nc1ccc(OCC(F)(F)C(F)F)nc1. The van der Waals surface area contributed by atoms with E-state index >= 15 is 0 Å². The van der Waals surface area contributed by atoms with Gasteiger partial charge in [0.25, 0.3) is 0 Å². The number of furan rings is 1. The topological polar surface area (TPSA) is 64.4 Å². The molecule has 5 nitrogen and oxygen atoms in total. The van der Waals surface area contributed by atoms with Gasteiger partial charge in [0.1, 0.15) is 5.76 Å². The standard InChI is InChI=1S/C15H12F4N2O3/c16-14(17)15(18,19)9-24-13-6-3-10(8-20-13)21-12(22)5-4-11-2-1-7-23-11/h1-8,14H,9H2,(H,21,22)/b5-4+. The first-order chi connectivity index (χ1) is 11.4. The van der Waals surface area contributed by atoms with Crippen molar-refractivity contribution >= 4 is 17.7 Å². The summed E-state index contributed by atoms with van der Waals surface area (Å²) in [5.74, 6) is -4.50. The van der Waals surface area contributed by atoms with Crippen LogP contribution in [0.25, 0.3) is 6.08 Å². The monoisotopic (exact) mass is 344 g/mol. The highest BCUT2D eigenvalue weighted by Gasteiger charge is 2.41. The van der Waals surface area contributed by atoms with Crippen LogP contribution in [0, 0.1) is 0 Å². The predicted molar refractivity (Wildman–Crippen MR) is 77.1 cm³/mol. The Labute approximate surface area is 133 Å². The van der Waals surface area contributed by atoms with Crippen molar-refractivity contribution in [2.24, 2.45) is 0 Å². The minimum atomic E-state index is -4.26. The zero-order valence-electron chi connectivity index (χ0n) is 12.1. The van der Waals surface area contributed by atoms with Gasteiger partial charge >= 0.3 is 12.3 Å². The van der Waals surface area contributed by atoms with Crippen molar-refractivity contribution in [1.82, 2.24) is 4.98 Å². The van der Waals surface area contributed by atoms with Crippen LogP contribution >= 0.6 is 0 Å². The molecule has 0 aromatic carbocycles. The number of anilines is 1. The van der Waals surface area contributed by atoms with Gasteiger partial charge < -0.3 is 14.5 Å². The van der Waals surface area contributed by atoms with Crippen molar-refractivity contribution in [3.8, 4) is 5.88 Å². The number of hydrogen-bond acceptors (Lipinski definition) is 4. The van der Waals surface area contributed by atoms with E-state index in [2.05, 4.69) is 15.0 Å². The third-order valence-corrected chi connectivity index (χ3v) is 2.68. The smallest absolute Gasteiger partial charge is 0.340 e. The molecule has 2 aromatic rings. The van der Waals surface area contributed by atoms with E-state index in [4.69, 9.17) is 4.42 Å². The number of nitrogens with zero attached hydrogens (tertiary/aromatic N) is 1. The molecular weight excluding hydrogens is 332 g/mol. The van der Waals surface area contributed by atoms with Crippen LogP contribution in [0.4, 0.5) is 23.2 Å². The van der Waals surface area contributed by atoms with Gasteiger partial charge in [-0.3, -0.25) is 4.79 Å². The highest BCUT2D eigenvalue weighted by Crippen LogP contribution is 2.24. The second-order valence-electron chi connectivity index (χ2n) is 4.57. The Hall–Kier alpha value is -2.84. The fourth-order valence-electron chi connectivity index (χ4n) is 1.50. The maximum atomic E-state index is 12.7. The van der Waals surface area contributed by atoms with E-state index in [0.29, 0.717) is 5.76 Å². The number of carbonyl (C=O) groups excluding carboxylic acids is 1. The van der Waals surface area contributed by atoms with E-state index in [1.807, 2.05) is 0 Å². The maximum absolute atomic E-state index is 12.7. The lowest BCUT2D eigenvalue weighted by Gasteiger charge is -2.15. The highest BCUT2D eigenvalue weighted by atomic mass is 19.3. The number of aromatic nitrogens is 1. The summed E-state index contributed by atoms with van der Waals surface area (Å²) >= 11 is 0. The van der Waals surface area contributed by atoms with Crippen LogP contribution in [0.1, 0.15) is 5.76 Å². The number of amides is 1. The number of pyridine rings is 1. The van der Waals surface area contributed by atoms with Crippen LogP contribution in [0.2, 0.25) is 0 Å². The summed E-state index contributed by atoms with van der Waals surface area (Å²) in [6.45, 7) is -1.49. The molecule has 1 N–H and O–H groups in total. The second-order valence-corrected chi connectivity index (χ2v) is 4.57. The normalized spacial score (nSPS) is 11.9. The largest absolute Gasteiger partial charge is 0.471 e. The fraction of sp³-hybridized carbons (Fsp3) is 0.200. The van der Waals surface area contributed by atoms with E-state index < -0.39 is 24.9 Å². The Kier molecular flexibility index (Phi) is 5.56. The summed E-state index contributed by atoms with van der Waals surface area (Å²) in [5.41, 5.74) is 0.275. The van der Waals surface area contributed by atoms with Gasteiger partial charge in [0, 0.05) is 12.1 Å². The van der Waals surface area contributed by atoms with E-state index in [9.17, 15) is 22.4 Å². The molecule has 9 heteroatoms. The molecule has 0 aliphatic carbocycles. The average Bonchev–Trinajstić information content (AvgIpc) is 3.06. The highest BCUT2D eigenvalue weighted by molar-refractivity contribution is 6.01. The van der Waals surface area contributed by atoms with Crippen molar-refractivity contribution in [3.63, 3.8) is 0 Å². The first-order valence-electron chi connectivity index (χ1n) is 6.64. The van der Waals surface area contributed by atoms with Crippen LogP contribution in [0.3, 0.4) is 0 Å². The lowest BCUT2D eigenvalue weighted by Crippen LogP contribution is -2.33. The minimum absolute atomic E-state index is 0.264. The number of nitrogens with one attached hydrogen (secondary N) is 1. The zero-order chi connectivity index (χ0) is 17.6. The molecule has 0 fully saturated rings. The molecule has 1 amide bonds. The second kappa shape index (κ2) is 7.62. The first kappa shape index (κ1) is 17.5. The Morgan fingerprint density at radius 2 is 2.17 bits per heavy atom. The molecule has 0 atom stereocenters. The molecule has 128 valence electrons. The van der Waals surface area contributed by atoms with E-state index in [1.54, 1.807) is 12.1 Å². The molecule has 0 saturated carbocycles. The molecule has 0 aliphatic heterocycles. The molecule has 0 spiro atoms. The van der Waals surface area contributed by atoms with Gasteiger partial charge in [-0.1, -0.05) is 0 Å². The summed E-state index contributed by atoms with van der Waals surface area (Å²) in [6, 6.07) is 5.83. The van der Waals surface area contributed by atoms with Crippen LogP contribution in [-0.2, 0) is 4.79 Å². The third-order valence-electron chi connectivity index (χ3n) is 2.68. The van der Waals surface area contributed by atoms with Crippen molar-refractivity contribution in [1.29, 1.82) is 0 Å². The van der Waals surface area contributed by atoms with Gasteiger partial charge in [0.2, 0.25) is 11.8 Å².